The van der Waals surface area contributed by atoms with Crippen LogP contribution in [-0.2, 0) is 6.54 Å². The molecule has 24 heavy (non-hydrogen) atoms. The molecule has 2 aromatic carbocycles. The van der Waals surface area contributed by atoms with Crippen LogP contribution in [0.25, 0.3) is 10.6 Å². The first-order chi connectivity index (χ1) is 11.8. The molecule has 0 saturated carbocycles. The summed E-state index contributed by atoms with van der Waals surface area (Å²) in [4.78, 5) is 17.5. The quantitative estimate of drug-likeness (QED) is 0.587. The summed E-state index contributed by atoms with van der Waals surface area (Å²) in [5, 5.41) is 4.42. The average molecular weight is 336 g/mol. The largest absolute Gasteiger partial charge is 0.380 e. The van der Waals surface area contributed by atoms with Gasteiger partial charge in [0.2, 0.25) is 0 Å². The zero-order chi connectivity index (χ0) is 16.8. The van der Waals surface area contributed by atoms with Gasteiger partial charge in [0.05, 0.1) is 6.54 Å². The summed E-state index contributed by atoms with van der Waals surface area (Å²) in [7, 11) is 0. The van der Waals surface area contributed by atoms with E-state index in [9.17, 15) is 4.79 Å². The summed E-state index contributed by atoms with van der Waals surface area (Å²) in [6.45, 7) is 2.75. The minimum atomic E-state index is 0.207. The standard InChI is InChI=1S/C20H20N2OS/c1-2-6-19(23)15-9-11-17(12-10-15)21-13-18-14-22-20(24-18)16-7-4-3-5-8-16/h3-5,7-12,14,21H,2,6,13H2,1H3. The van der Waals surface area contributed by atoms with Crippen LogP contribution in [0.4, 0.5) is 5.69 Å². The van der Waals surface area contributed by atoms with Gasteiger partial charge in [0.25, 0.3) is 0 Å². The van der Waals surface area contributed by atoms with E-state index >= 15 is 0 Å². The number of rotatable bonds is 7. The van der Waals surface area contributed by atoms with Crippen LogP contribution in [0.1, 0.15) is 35.0 Å². The van der Waals surface area contributed by atoms with E-state index in [2.05, 4.69) is 22.4 Å². The molecule has 3 aromatic rings. The molecular formula is C20H20N2OS. The van der Waals surface area contributed by atoms with Crippen molar-refractivity contribution in [1.29, 1.82) is 0 Å². The van der Waals surface area contributed by atoms with E-state index < -0.39 is 0 Å². The van der Waals surface area contributed by atoms with Crippen molar-refractivity contribution < 1.29 is 4.79 Å². The van der Waals surface area contributed by atoms with E-state index in [4.69, 9.17) is 0 Å². The molecule has 1 heterocycles. The highest BCUT2D eigenvalue weighted by molar-refractivity contribution is 7.15. The van der Waals surface area contributed by atoms with E-state index in [1.54, 1.807) is 11.3 Å². The van der Waals surface area contributed by atoms with Gasteiger partial charge in [-0.1, -0.05) is 37.3 Å². The lowest BCUT2D eigenvalue weighted by atomic mass is 10.1. The van der Waals surface area contributed by atoms with Gasteiger partial charge >= 0.3 is 0 Å². The zero-order valence-corrected chi connectivity index (χ0v) is 14.5. The van der Waals surface area contributed by atoms with E-state index in [0.717, 1.165) is 34.8 Å². The molecule has 0 fully saturated rings. The summed E-state index contributed by atoms with van der Waals surface area (Å²) in [6, 6.07) is 17.9. The zero-order valence-electron chi connectivity index (χ0n) is 13.7. The highest BCUT2D eigenvalue weighted by Gasteiger charge is 2.06. The van der Waals surface area contributed by atoms with Gasteiger partial charge in [-0.2, -0.15) is 0 Å². The normalized spacial score (nSPS) is 10.5. The molecule has 0 atom stereocenters. The van der Waals surface area contributed by atoms with Crippen LogP contribution in [0.3, 0.4) is 0 Å². The Labute approximate surface area is 146 Å². The smallest absolute Gasteiger partial charge is 0.162 e. The van der Waals surface area contributed by atoms with Crippen LogP contribution in [0.15, 0.2) is 60.8 Å². The summed E-state index contributed by atoms with van der Waals surface area (Å²) < 4.78 is 0. The number of carbonyl (C=O) groups is 1. The topological polar surface area (TPSA) is 42.0 Å². The van der Waals surface area contributed by atoms with Crippen LogP contribution in [-0.4, -0.2) is 10.8 Å². The molecule has 0 aliphatic carbocycles. The highest BCUT2D eigenvalue weighted by Crippen LogP contribution is 2.25. The Morgan fingerprint density at radius 3 is 2.54 bits per heavy atom. The number of anilines is 1. The molecular weight excluding hydrogens is 316 g/mol. The maximum atomic E-state index is 11.8. The molecule has 4 heteroatoms. The molecule has 0 aliphatic rings. The molecule has 0 aliphatic heterocycles. The van der Waals surface area contributed by atoms with Crippen molar-refractivity contribution in [2.45, 2.75) is 26.3 Å². The fourth-order valence-electron chi connectivity index (χ4n) is 2.44. The second-order valence-electron chi connectivity index (χ2n) is 5.60. The van der Waals surface area contributed by atoms with Gasteiger partial charge in [-0.25, -0.2) is 4.98 Å². The first-order valence-corrected chi connectivity index (χ1v) is 8.95. The molecule has 1 aromatic heterocycles. The number of hydrogen-bond donors (Lipinski definition) is 1. The third-order valence-electron chi connectivity index (χ3n) is 3.72. The lowest BCUT2D eigenvalue weighted by molar-refractivity contribution is 0.0982. The van der Waals surface area contributed by atoms with Crippen LogP contribution >= 0.6 is 11.3 Å². The van der Waals surface area contributed by atoms with Crippen LogP contribution in [0.5, 0.6) is 0 Å². The van der Waals surface area contributed by atoms with Gasteiger partial charge in [-0.3, -0.25) is 4.79 Å². The Balaban J connectivity index is 1.60. The van der Waals surface area contributed by atoms with Crippen LogP contribution in [0, 0.1) is 0 Å². The summed E-state index contributed by atoms with van der Waals surface area (Å²) in [5.74, 6) is 0.207. The summed E-state index contributed by atoms with van der Waals surface area (Å²) in [6.07, 6.45) is 3.41. The number of thiazole rings is 1. The Bertz CT molecular complexity index is 794. The molecule has 0 unspecified atom stereocenters. The SMILES string of the molecule is CCCC(=O)c1ccc(NCc2cnc(-c3ccccc3)s2)cc1. The Morgan fingerprint density at radius 2 is 1.83 bits per heavy atom. The van der Waals surface area contributed by atoms with Crippen molar-refractivity contribution in [3.63, 3.8) is 0 Å². The number of Topliss-reactive ketones (excluding diaryl/α,β-unsaturated/α-hetero) is 1. The molecule has 0 radical (unpaired) electrons. The third-order valence-corrected chi connectivity index (χ3v) is 4.77. The number of hydrogen-bond acceptors (Lipinski definition) is 4. The fourth-order valence-corrected chi connectivity index (χ4v) is 3.30. The van der Waals surface area contributed by atoms with Crippen molar-refractivity contribution in [3.05, 3.63) is 71.2 Å². The lowest BCUT2D eigenvalue weighted by Crippen LogP contribution is -2.00. The number of carbonyl (C=O) groups excluding carboxylic acids is 1. The first-order valence-electron chi connectivity index (χ1n) is 8.13. The second kappa shape index (κ2) is 7.88. The molecule has 0 spiro atoms. The van der Waals surface area contributed by atoms with Gasteiger partial charge < -0.3 is 5.32 Å². The van der Waals surface area contributed by atoms with E-state index in [1.807, 2.05) is 55.6 Å². The number of ketones is 1. The molecule has 0 saturated heterocycles. The number of nitrogens with zero attached hydrogens (tertiary/aromatic N) is 1. The van der Waals surface area contributed by atoms with Crippen molar-refractivity contribution >= 4 is 22.8 Å². The van der Waals surface area contributed by atoms with Crippen LogP contribution < -0.4 is 5.32 Å². The number of aromatic nitrogens is 1. The second-order valence-corrected chi connectivity index (χ2v) is 6.72. The van der Waals surface area contributed by atoms with E-state index in [1.165, 1.54) is 4.88 Å². The van der Waals surface area contributed by atoms with Crippen molar-refractivity contribution in [2.75, 3.05) is 5.32 Å². The Kier molecular flexibility index (Phi) is 5.39. The highest BCUT2D eigenvalue weighted by atomic mass is 32.1. The lowest BCUT2D eigenvalue weighted by Gasteiger charge is -2.05. The molecule has 0 bridgehead atoms. The van der Waals surface area contributed by atoms with Gasteiger partial charge in [-0.05, 0) is 30.7 Å². The molecule has 0 amide bonds. The predicted molar refractivity (Wildman–Crippen MR) is 101 cm³/mol. The fraction of sp³-hybridized carbons (Fsp3) is 0.200. The minimum absolute atomic E-state index is 0.207. The first kappa shape index (κ1) is 16.4. The maximum Gasteiger partial charge on any atom is 0.162 e. The van der Waals surface area contributed by atoms with Crippen molar-refractivity contribution in [3.8, 4) is 10.6 Å². The van der Waals surface area contributed by atoms with Gasteiger partial charge in [0.1, 0.15) is 5.01 Å². The predicted octanol–water partition coefficient (Wildman–Crippen LogP) is 5.41. The Hall–Kier alpha value is -2.46. The molecule has 1 N–H and O–H groups in total. The van der Waals surface area contributed by atoms with E-state index in [0.29, 0.717) is 6.42 Å². The average Bonchev–Trinajstić information content (AvgIpc) is 3.10. The van der Waals surface area contributed by atoms with Gasteiger partial charge in [0, 0.05) is 34.3 Å². The van der Waals surface area contributed by atoms with Crippen molar-refractivity contribution in [2.24, 2.45) is 0 Å². The molecule has 122 valence electrons. The number of benzene rings is 2. The van der Waals surface area contributed by atoms with Crippen LogP contribution in [0.2, 0.25) is 0 Å². The maximum absolute atomic E-state index is 11.8. The molecule has 3 nitrogen and oxygen atoms in total. The minimum Gasteiger partial charge on any atom is -0.380 e. The molecule has 3 rings (SSSR count). The summed E-state index contributed by atoms with van der Waals surface area (Å²) in [5.41, 5.74) is 2.94. The summed E-state index contributed by atoms with van der Waals surface area (Å²) >= 11 is 1.69. The number of nitrogens with one attached hydrogen (secondary N) is 1. The Morgan fingerprint density at radius 1 is 1.08 bits per heavy atom. The van der Waals surface area contributed by atoms with Gasteiger partial charge in [0.15, 0.2) is 5.78 Å². The van der Waals surface area contributed by atoms with Gasteiger partial charge in [-0.15, -0.1) is 11.3 Å². The third kappa shape index (κ3) is 4.09. The monoisotopic (exact) mass is 336 g/mol. The van der Waals surface area contributed by atoms with Crippen molar-refractivity contribution in [1.82, 2.24) is 4.98 Å². The van der Waals surface area contributed by atoms with E-state index in [-0.39, 0.29) is 5.78 Å².